The molecule has 0 saturated heterocycles. The quantitative estimate of drug-likeness (QED) is 0.279. The van der Waals surface area contributed by atoms with Crippen LogP contribution in [0.3, 0.4) is 0 Å². The molecular formula is C26H25F3NO4S2+. The number of carboxylic acids is 1. The Bertz CT molecular complexity index is 1590. The van der Waals surface area contributed by atoms with Crippen LogP contribution in [0.5, 0.6) is 0 Å². The number of hydrogen-bond acceptors (Lipinski definition) is 3. The number of fused-ring (bicyclic) bond motifs is 1. The maximum absolute atomic E-state index is 14.0. The van der Waals surface area contributed by atoms with Crippen molar-refractivity contribution < 1.29 is 31.5 Å². The Kier molecular flexibility index (Phi) is 6.33. The Morgan fingerprint density at radius 2 is 1.69 bits per heavy atom. The molecule has 0 aliphatic heterocycles. The molecule has 0 aliphatic carbocycles. The molecule has 5 nitrogen and oxygen atoms in total. The van der Waals surface area contributed by atoms with Crippen molar-refractivity contribution in [3.8, 4) is 0 Å². The van der Waals surface area contributed by atoms with Crippen molar-refractivity contribution in [2.75, 3.05) is 0 Å². The van der Waals surface area contributed by atoms with Gasteiger partial charge in [0.1, 0.15) is 5.38 Å². The van der Waals surface area contributed by atoms with E-state index in [9.17, 15) is 31.5 Å². The first-order chi connectivity index (χ1) is 16.6. The van der Waals surface area contributed by atoms with E-state index in [1.165, 1.54) is 18.2 Å². The molecule has 36 heavy (non-hydrogen) atoms. The smallest absolute Gasteiger partial charge is 0.416 e. The van der Waals surface area contributed by atoms with Gasteiger partial charge in [-0.05, 0) is 70.3 Å². The first-order valence-corrected chi connectivity index (χ1v) is 13.9. The second-order valence-corrected chi connectivity index (χ2v) is 13.2. The van der Waals surface area contributed by atoms with E-state index in [-0.39, 0.29) is 37.5 Å². The summed E-state index contributed by atoms with van der Waals surface area (Å²) in [6, 6.07) is 12.5. The van der Waals surface area contributed by atoms with Crippen LogP contribution in [0.25, 0.3) is 10.9 Å². The summed E-state index contributed by atoms with van der Waals surface area (Å²) >= 11 is 0. The molecule has 190 valence electrons. The number of nitrogens with zero attached hydrogens (tertiary/aromatic N) is 1. The van der Waals surface area contributed by atoms with Gasteiger partial charge in [0.25, 0.3) is 14.9 Å². The molecule has 1 N–H and O–H groups in total. The van der Waals surface area contributed by atoms with Crippen LogP contribution < -0.4 is 0 Å². The monoisotopic (exact) mass is 536 g/mol. The van der Waals surface area contributed by atoms with Gasteiger partial charge < -0.3 is 5.11 Å². The molecule has 1 unspecified atom stereocenters. The summed E-state index contributed by atoms with van der Waals surface area (Å²) in [5.41, 5.74) is 0.306. The highest BCUT2D eigenvalue weighted by Crippen LogP contribution is 2.39. The zero-order valence-corrected chi connectivity index (χ0v) is 21.7. The van der Waals surface area contributed by atoms with Crippen LogP contribution in [0.4, 0.5) is 13.2 Å². The minimum Gasteiger partial charge on any atom is -0.474 e. The van der Waals surface area contributed by atoms with Crippen LogP contribution in [-0.4, -0.2) is 23.5 Å². The van der Waals surface area contributed by atoms with E-state index in [0.717, 1.165) is 21.7 Å². The molecule has 0 bridgehead atoms. The second kappa shape index (κ2) is 8.77. The Labute approximate surface area is 209 Å². The molecule has 0 spiro atoms. The Morgan fingerprint density at radius 1 is 1.00 bits per heavy atom. The number of carboxylic acid groups (broad SMARTS) is 1. The van der Waals surface area contributed by atoms with Gasteiger partial charge in [0.15, 0.2) is 5.75 Å². The Hall–Kier alpha value is -3.11. The standard InChI is InChI=1S/C26H24F3NO4S2/c1-16-20-14-18(26(27,28)29)10-11-21(20)30(22(16)15-35-12-6-9-23(35)24(31)32)36(33,34)19-8-5-7-17(13-19)25(2,3)4/h5-14H,15H2,1-4H3/p+1. The third-order valence-electron chi connectivity index (χ3n) is 6.14. The minimum absolute atomic E-state index is 0.00673. The summed E-state index contributed by atoms with van der Waals surface area (Å²) in [5, 5.41) is 11.4. The topological polar surface area (TPSA) is 76.4 Å². The lowest BCUT2D eigenvalue weighted by Gasteiger charge is -2.20. The van der Waals surface area contributed by atoms with Crippen molar-refractivity contribution in [2.24, 2.45) is 0 Å². The van der Waals surface area contributed by atoms with E-state index in [4.69, 9.17) is 0 Å². The largest absolute Gasteiger partial charge is 0.474 e. The van der Waals surface area contributed by atoms with Crippen LogP contribution in [0, 0.1) is 6.92 Å². The van der Waals surface area contributed by atoms with Gasteiger partial charge in [-0.25, -0.2) is 17.2 Å². The number of thiophene rings is 1. The summed E-state index contributed by atoms with van der Waals surface area (Å²) in [5.74, 6) is -1.10. The summed E-state index contributed by atoms with van der Waals surface area (Å²) in [6.07, 6.45) is -4.60. The lowest BCUT2D eigenvalue weighted by Crippen LogP contribution is -2.18. The van der Waals surface area contributed by atoms with Gasteiger partial charge in [-0.1, -0.05) is 32.9 Å². The molecule has 4 rings (SSSR count). The average molecular weight is 537 g/mol. The normalized spacial score (nSPS) is 13.4. The summed E-state index contributed by atoms with van der Waals surface area (Å²) in [4.78, 5) is 11.8. The van der Waals surface area contributed by atoms with Crippen LogP contribution in [0.1, 0.15) is 52.8 Å². The summed E-state index contributed by atoms with van der Waals surface area (Å²) in [7, 11) is -5.19. The second-order valence-electron chi connectivity index (χ2n) is 9.59. The number of carbonyl (C=O) groups is 1. The number of rotatable bonds is 5. The van der Waals surface area contributed by atoms with Crippen molar-refractivity contribution in [3.05, 3.63) is 87.2 Å². The van der Waals surface area contributed by atoms with E-state index in [1.54, 1.807) is 30.5 Å². The molecule has 0 fully saturated rings. The van der Waals surface area contributed by atoms with Crippen molar-refractivity contribution in [1.82, 2.24) is 3.97 Å². The highest BCUT2D eigenvalue weighted by Gasteiger charge is 2.34. The van der Waals surface area contributed by atoms with E-state index in [0.29, 0.717) is 5.56 Å². The maximum atomic E-state index is 14.0. The van der Waals surface area contributed by atoms with Crippen LogP contribution in [0.2, 0.25) is 0 Å². The van der Waals surface area contributed by atoms with Crippen LogP contribution >= 0.6 is 10.5 Å². The molecule has 4 aromatic rings. The van der Waals surface area contributed by atoms with Crippen molar-refractivity contribution in [3.63, 3.8) is 0 Å². The van der Waals surface area contributed by atoms with Gasteiger partial charge >= 0.3 is 12.1 Å². The fourth-order valence-electron chi connectivity index (χ4n) is 4.15. The third kappa shape index (κ3) is 4.55. The van der Waals surface area contributed by atoms with Gasteiger partial charge in [0.2, 0.25) is 0 Å². The molecule has 2 aromatic heterocycles. The SMILES string of the molecule is Cc1c(C[s+]2cccc2C(=O)O)n(S(=O)(=O)c2cccc(C(C)(C)C)c2)c2ccc(C(F)(F)F)cc12. The molecule has 1 atom stereocenters. The predicted molar refractivity (Wildman–Crippen MR) is 134 cm³/mol. The molecule has 2 aromatic carbocycles. The average Bonchev–Trinajstić information content (AvgIpc) is 3.36. The van der Waals surface area contributed by atoms with E-state index in [2.05, 4.69) is 0 Å². The lowest BCUT2D eigenvalue weighted by atomic mass is 9.87. The summed E-state index contributed by atoms with van der Waals surface area (Å²) in [6.45, 7) is 7.42. The molecule has 0 amide bonds. The predicted octanol–water partition coefficient (Wildman–Crippen LogP) is 7.00. The third-order valence-corrected chi connectivity index (χ3v) is 9.83. The fraction of sp³-hybridized carbons (Fsp3) is 0.269. The number of benzene rings is 2. The molecule has 0 saturated carbocycles. The molecular weight excluding hydrogens is 511 g/mol. The minimum atomic E-state index is -4.60. The van der Waals surface area contributed by atoms with Crippen molar-refractivity contribution in [1.29, 1.82) is 0 Å². The van der Waals surface area contributed by atoms with E-state index < -0.39 is 38.2 Å². The fourth-order valence-corrected chi connectivity index (χ4v) is 7.66. The number of hydrogen-bond donors (Lipinski definition) is 1. The number of aryl methyl sites for hydroxylation is 1. The first-order valence-electron chi connectivity index (χ1n) is 11.0. The van der Waals surface area contributed by atoms with E-state index in [1.807, 2.05) is 26.8 Å². The van der Waals surface area contributed by atoms with Crippen molar-refractivity contribution >= 4 is 37.4 Å². The van der Waals surface area contributed by atoms with E-state index >= 15 is 0 Å². The Morgan fingerprint density at radius 3 is 2.31 bits per heavy atom. The molecule has 0 radical (unpaired) electrons. The number of halogens is 3. The van der Waals surface area contributed by atoms with Gasteiger partial charge in [-0.3, -0.25) is 0 Å². The van der Waals surface area contributed by atoms with Crippen LogP contribution in [-0.2, 0) is 27.4 Å². The molecule has 10 heteroatoms. The highest BCUT2D eigenvalue weighted by atomic mass is 32.2. The number of aromatic nitrogens is 1. The number of alkyl halides is 3. The number of aromatic carboxylic acids is 1. The maximum Gasteiger partial charge on any atom is 0.416 e. The zero-order valence-electron chi connectivity index (χ0n) is 20.1. The highest BCUT2D eigenvalue weighted by molar-refractivity contribution is 7.90. The van der Waals surface area contributed by atoms with Gasteiger partial charge in [-0.15, -0.1) is 0 Å². The van der Waals surface area contributed by atoms with Crippen LogP contribution in [0.15, 0.2) is 64.9 Å². The van der Waals surface area contributed by atoms with Crippen molar-refractivity contribution in [2.45, 2.75) is 49.9 Å². The lowest BCUT2D eigenvalue weighted by molar-refractivity contribution is -0.137. The first kappa shape index (κ1) is 26.0. The van der Waals surface area contributed by atoms with Gasteiger partial charge in [0, 0.05) is 11.5 Å². The van der Waals surface area contributed by atoms with Gasteiger partial charge in [0.05, 0.1) is 21.7 Å². The Balaban J connectivity index is 2.02. The molecule has 0 aliphatic rings. The summed E-state index contributed by atoms with van der Waals surface area (Å²) < 4.78 is 69.6. The van der Waals surface area contributed by atoms with Gasteiger partial charge in [-0.2, -0.15) is 13.2 Å². The zero-order chi connectivity index (χ0) is 26.6. The molecule has 2 heterocycles.